The first kappa shape index (κ1) is 36.7. The molecule has 0 aliphatic heterocycles. The molecule has 18 heteroatoms. The monoisotopic (exact) mass is 492 g/mol. The molecule has 0 aliphatic rings. The van der Waals surface area contributed by atoms with Gasteiger partial charge in [0.15, 0.2) is 0 Å². The Bertz CT molecular complexity index is 213. The molecule has 0 atom stereocenters. The summed E-state index contributed by atoms with van der Waals surface area (Å²) in [5.74, 6) is 0. The first-order valence-electron chi connectivity index (χ1n) is 2.26. The van der Waals surface area contributed by atoms with Crippen LogP contribution in [0.25, 0.3) is 0 Å². The molecule has 12 nitrogen and oxygen atoms in total. The van der Waals surface area contributed by atoms with Crippen molar-refractivity contribution in [3.05, 3.63) is 0 Å². The molecule has 0 bridgehead atoms. The number of hydrogen-bond acceptors (Lipinski definition) is 8. The average Bonchev–Trinajstić information content (AvgIpc) is 1.41. The van der Waals surface area contributed by atoms with Gasteiger partial charge in [0.05, 0.1) is 7.82 Å². The van der Waals surface area contributed by atoms with Crippen LogP contribution < -0.4 is 29.2 Å². The maximum Gasteiger partial charge on any atom is 4.00 e. The maximum atomic E-state index is 8.88. The van der Waals surface area contributed by atoms with Crippen molar-refractivity contribution < 1.29 is 81.9 Å². The Hall–Kier alpha value is 1.68. The third-order valence-corrected chi connectivity index (χ3v) is 0. The van der Waals surface area contributed by atoms with Crippen LogP contribution in [0.5, 0.6) is 0 Å². The van der Waals surface area contributed by atoms with Gasteiger partial charge in [-0.3, -0.25) is 0 Å². The molecule has 0 rings (SSSR count). The third-order valence-electron chi connectivity index (χ3n) is 0. The van der Waals surface area contributed by atoms with Crippen LogP contribution in [0.15, 0.2) is 0 Å². The largest absolute Gasteiger partial charge is 4.00 e. The molecule has 0 fully saturated rings. The Morgan fingerprint density at radius 1 is 0.722 bits per heavy atom. The molecular weight excluding hydrogens is 488 g/mol. The van der Waals surface area contributed by atoms with Crippen LogP contribution in [0, 0.1) is 0 Å². The van der Waals surface area contributed by atoms with Gasteiger partial charge in [-0.15, -0.1) is 0 Å². The Labute approximate surface area is 129 Å². The second kappa shape index (κ2) is 15.1. The Balaban J connectivity index is -0.0000000277. The van der Waals surface area contributed by atoms with E-state index in [9.17, 15) is 0 Å². The summed E-state index contributed by atoms with van der Waals surface area (Å²) >= 11 is 0. The normalized spacial score (nSPS) is 9.83. The van der Waals surface area contributed by atoms with E-state index in [0.29, 0.717) is 0 Å². The molecule has 104 valence electrons. The number of rotatable bonds is 0. The fourth-order valence-electron chi connectivity index (χ4n) is 0. The third kappa shape index (κ3) is 1740. The van der Waals surface area contributed by atoms with Gasteiger partial charge in [-0.05, 0) is 0 Å². The van der Waals surface area contributed by atoms with Crippen LogP contribution in [0.3, 0.4) is 0 Å². The maximum absolute atomic E-state index is 8.88. The summed E-state index contributed by atoms with van der Waals surface area (Å²) in [4.78, 5) is 71.5. The molecule has 0 saturated carbocycles. The van der Waals surface area contributed by atoms with Gasteiger partial charge in [0, 0.05) is 0 Å². The molecule has 0 aromatic carbocycles. The van der Waals surface area contributed by atoms with Crippen molar-refractivity contribution >= 4 is 47.4 Å². The van der Waals surface area contributed by atoms with Crippen molar-refractivity contribution in [1.29, 1.82) is 0 Å². The summed E-state index contributed by atoms with van der Waals surface area (Å²) in [6.45, 7) is 0. The minimum Gasteiger partial charge on any atom is -1.00 e. The van der Waals surface area contributed by atoms with Crippen molar-refractivity contribution in [3.8, 4) is 0 Å². The molecule has 0 saturated heterocycles. The smallest absolute Gasteiger partial charge is 1.00 e. The van der Waals surface area contributed by atoms with Gasteiger partial charge in [0.2, 0.25) is 0 Å². The molecule has 0 unspecified atom stereocenters. The molecule has 0 radical (unpaired) electrons. The van der Waals surface area contributed by atoms with Gasteiger partial charge >= 0.3 is 51.2 Å². The first-order valence-corrected chi connectivity index (χ1v) is 6.78. The average molecular weight is 492 g/mol. The van der Waals surface area contributed by atoms with Gasteiger partial charge in [-0.25, -0.2) is 4.57 Å². The van der Waals surface area contributed by atoms with Crippen LogP contribution in [0.2, 0.25) is 0 Å². The van der Waals surface area contributed by atoms with E-state index in [1.807, 2.05) is 0 Å². The number of halogens is 1. The van der Waals surface area contributed by atoms with E-state index < -0.39 is 23.5 Å². The molecular formula is H4FO12P3SnZn. The van der Waals surface area contributed by atoms with Crippen molar-refractivity contribution in [3.63, 3.8) is 0 Å². The summed E-state index contributed by atoms with van der Waals surface area (Å²) in [7, 11) is -15.2. The summed E-state index contributed by atoms with van der Waals surface area (Å²) < 4.78 is 26.1. The van der Waals surface area contributed by atoms with E-state index in [1.165, 1.54) is 0 Å². The zero-order valence-corrected chi connectivity index (χ0v) is 16.5. The fraction of sp³-hybridized carbons (Fsp3) is 0. The minimum absolute atomic E-state index is 0. The van der Waals surface area contributed by atoms with E-state index in [1.54, 1.807) is 0 Å². The van der Waals surface area contributed by atoms with Gasteiger partial charge < -0.3 is 57.9 Å². The molecule has 0 amide bonds. The Morgan fingerprint density at radius 2 is 0.722 bits per heavy atom. The van der Waals surface area contributed by atoms with Crippen molar-refractivity contribution in [1.82, 2.24) is 0 Å². The quantitative estimate of drug-likeness (QED) is 0.182. The summed E-state index contributed by atoms with van der Waals surface area (Å²) in [6, 6.07) is 0. The fourth-order valence-corrected chi connectivity index (χ4v) is 0. The van der Waals surface area contributed by atoms with E-state index in [2.05, 4.69) is 0 Å². The molecule has 0 aliphatic carbocycles. The predicted octanol–water partition coefficient (Wildman–Crippen LogP) is -9.33. The van der Waals surface area contributed by atoms with Crippen molar-refractivity contribution in [2.24, 2.45) is 0 Å². The van der Waals surface area contributed by atoms with Crippen LogP contribution in [0.4, 0.5) is 0 Å². The Kier molecular flexibility index (Phi) is 30.7. The summed E-state index contributed by atoms with van der Waals surface area (Å²) in [5.41, 5.74) is 0. The van der Waals surface area contributed by atoms with Crippen LogP contribution in [-0.4, -0.2) is 43.5 Å². The zero-order valence-electron chi connectivity index (χ0n) is 7.98. The molecule has 0 spiro atoms. The van der Waals surface area contributed by atoms with Crippen LogP contribution in [-0.2, 0) is 33.2 Å². The number of hydrogen-bond donors (Lipinski definition) is 4. The summed E-state index contributed by atoms with van der Waals surface area (Å²) in [6.07, 6.45) is 0. The van der Waals surface area contributed by atoms with Gasteiger partial charge in [0.1, 0.15) is 0 Å². The first-order chi connectivity index (χ1) is 6.00. The Morgan fingerprint density at radius 3 is 0.722 bits per heavy atom. The summed E-state index contributed by atoms with van der Waals surface area (Å²) in [5, 5.41) is 0. The molecule has 0 heterocycles. The molecule has 0 aromatic rings. The standard InChI is InChI=1S/FH.3H3O4P.Sn.Zn/c;3*1-5(2,3)4;;/h1H;3*(H3,1,2,3,4);;/q;;;;+4;+2/p-6. The zero-order chi connectivity index (χ0) is 13.5. The second-order valence-corrected chi connectivity index (χ2v) is 4.29. The van der Waals surface area contributed by atoms with E-state index in [4.69, 9.17) is 57.7 Å². The van der Waals surface area contributed by atoms with E-state index >= 15 is 0 Å². The van der Waals surface area contributed by atoms with Crippen LogP contribution >= 0.6 is 23.5 Å². The second-order valence-electron chi connectivity index (χ2n) is 1.43. The van der Waals surface area contributed by atoms with Crippen molar-refractivity contribution in [2.75, 3.05) is 0 Å². The molecule has 0 aromatic heterocycles. The van der Waals surface area contributed by atoms with E-state index in [0.717, 1.165) is 0 Å². The molecule has 18 heavy (non-hydrogen) atoms. The number of phosphoric acid groups is 3. The van der Waals surface area contributed by atoms with Gasteiger partial charge in [-0.2, -0.15) is 7.82 Å². The molecule has 4 N–H and O–H groups in total. The van der Waals surface area contributed by atoms with Gasteiger partial charge in [-0.1, -0.05) is 0 Å². The van der Waals surface area contributed by atoms with Crippen LogP contribution in [0.1, 0.15) is 0 Å². The predicted molar refractivity (Wildman–Crippen MR) is 37.4 cm³/mol. The van der Waals surface area contributed by atoms with E-state index in [-0.39, 0.29) is 48.1 Å². The SMILES string of the molecule is O=P(O)(O)O.O=P([O-])([O-])O.O=P([O-])([O-])[O-].[F-].[Sn+4].[Zn+2]. The van der Waals surface area contributed by atoms with Gasteiger partial charge in [0.25, 0.3) is 0 Å². The minimum atomic E-state index is -5.39. The topological polar surface area (TPSA) is 247 Å². The van der Waals surface area contributed by atoms with Crippen molar-refractivity contribution in [2.45, 2.75) is 0 Å².